The van der Waals surface area contributed by atoms with Gasteiger partial charge in [0.1, 0.15) is 24.2 Å². The van der Waals surface area contributed by atoms with Crippen molar-refractivity contribution in [3.8, 4) is 0 Å². The van der Waals surface area contributed by atoms with Gasteiger partial charge in [-0.25, -0.2) is 9.67 Å². The Morgan fingerprint density at radius 2 is 2.27 bits per heavy atom. The minimum absolute atomic E-state index is 0.161. The third-order valence-corrected chi connectivity index (χ3v) is 4.44. The van der Waals surface area contributed by atoms with Gasteiger partial charge >= 0.3 is 0 Å². The zero-order valence-electron chi connectivity index (χ0n) is 13.3. The van der Waals surface area contributed by atoms with E-state index in [2.05, 4.69) is 10.1 Å². The molecule has 0 aromatic carbocycles. The average Bonchev–Trinajstić information content (AvgIpc) is 3.15. The van der Waals surface area contributed by atoms with Gasteiger partial charge in [-0.05, 0) is 39.7 Å². The molecule has 6 heteroatoms. The van der Waals surface area contributed by atoms with E-state index < -0.39 is 0 Å². The fourth-order valence-corrected chi connectivity index (χ4v) is 3.26. The first kappa shape index (κ1) is 14.8. The Balaban J connectivity index is 1.72. The van der Waals surface area contributed by atoms with Gasteiger partial charge in [-0.2, -0.15) is 5.10 Å². The summed E-state index contributed by atoms with van der Waals surface area (Å²) in [7, 11) is 0. The number of nitrogens with zero attached hydrogens (tertiary/aromatic N) is 4. The maximum absolute atomic E-state index is 12.8. The molecule has 3 rings (SSSR count). The van der Waals surface area contributed by atoms with Crippen molar-refractivity contribution in [3.63, 3.8) is 0 Å². The Hall–Kier alpha value is -2.11. The van der Waals surface area contributed by atoms with Crippen LogP contribution in [0.5, 0.6) is 0 Å². The van der Waals surface area contributed by atoms with Crippen molar-refractivity contribution in [1.29, 1.82) is 0 Å². The number of aryl methyl sites for hydroxylation is 2. The van der Waals surface area contributed by atoms with Crippen LogP contribution in [-0.2, 0) is 4.79 Å². The first-order valence-corrected chi connectivity index (χ1v) is 7.76. The lowest BCUT2D eigenvalue weighted by Gasteiger charge is -2.34. The van der Waals surface area contributed by atoms with Gasteiger partial charge < -0.3 is 9.32 Å². The van der Waals surface area contributed by atoms with E-state index in [0.29, 0.717) is 6.54 Å². The summed E-state index contributed by atoms with van der Waals surface area (Å²) in [6.45, 7) is 7.29. The summed E-state index contributed by atoms with van der Waals surface area (Å²) in [6, 6.07) is 2.19. The van der Waals surface area contributed by atoms with Gasteiger partial charge in [0.2, 0.25) is 5.91 Å². The number of furan rings is 1. The topological polar surface area (TPSA) is 64.2 Å². The lowest BCUT2D eigenvalue weighted by molar-refractivity contribution is -0.134. The van der Waals surface area contributed by atoms with Crippen molar-refractivity contribution in [2.45, 2.75) is 45.6 Å². The molecule has 2 aromatic heterocycles. The summed E-state index contributed by atoms with van der Waals surface area (Å²) in [6.07, 6.45) is 5.30. The zero-order valence-corrected chi connectivity index (χ0v) is 13.3. The second-order valence-corrected chi connectivity index (χ2v) is 6.05. The molecular weight excluding hydrogens is 280 g/mol. The third kappa shape index (κ3) is 2.77. The predicted octanol–water partition coefficient (Wildman–Crippen LogP) is 2.46. The molecule has 1 saturated heterocycles. The molecule has 1 amide bonds. The van der Waals surface area contributed by atoms with Gasteiger partial charge in [0.15, 0.2) is 0 Å². The van der Waals surface area contributed by atoms with Gasteiger partial charge in [-0.3, -0.25) is 4.79 Å². The van der Waals surface area contributed by atoms with E-state index >= 15 is 0 Å². The molecule has 0 unspecified atom stereocenters. The summed E-state index contributed by atoms with van der Waals surface area (Å²) in [4.78, 5) is 18.8. The minimum Gasteiger partial charge on any atom is -0.466 e. The number of rotatable bonds is 3. The molecule has 0 radical (unpaired) electrons. The first-order chi connectivity index (χ1) is 10.6. The molecule has 0 saturated carbocycles. The van der Waals surface area contributed by atoms with Crippen LogP contribution >= 0.6 is 0 Å². The predicted molar refractivity (Wildman–Crippen MR) is 81.5 cm³/mol. The van der Waals surface area contributed by atoms with Gasteiger partial charge in [0.25, 0.3) is 0 Å². The smallest absolute Gasteiger partial charge is 0.230 e. The van der Waals surface area contributed by atoms with Crippen LogP contribution in [0.1, 0.15) is 48.8 Å². The Bertz CT molecular complexity index is 647. The van der Waals surface area contributed by atoms with Crippen molar-refractivity contribution in [2.24, 2.45) is 0 Å². The Morgan fingerprint density at radius 3 is 2.91 bits per heavy atom. The van der Waals surface area contributed by atoms with Crippen LogP contribution in [0.3, 0.4) is 0 Å². The number of aromatic nitrogens is 3. The normalized spacial score (nSPS) is 20.1. The number of likely N-dealkylation sites (tertiary alicyclic amines) is 1. The largest absolute Gasteiger partial charge is 0.466 e. The number of hydrogen-bond acceptors (Lipinski definition) is 4. The number of carbonyl (C=O) groups excluding carboxylic acids is 1. The van der Waals surface area contributed by atoms with Crippen LogP contribution in [0.4, 0.5) is 0 Å². The highest BCUT2D eigenvalue weighted by Gasteiger charge is 2.30. The van der Waals surface area contributed by atoms with E-state index in [1.807, 2.05) is 36.4 Å². The van der Waals surface area contributed by atoms with Crippen LogP contribution in [0.25, 0.3) is 0 Å². The van der Waals surface area contributed by atoms with Crippen LogP contribution < -0.4 is 0 Å². The number of carbonyl (C=O) groups is 1. The zero-order chi connectivity index (χ0) is 15.7. The maximum atomic E-state index is 12.8. The van der Waals surface area contributed by atoms with Gasteiger partial charge in [-0.1, -0.05) is 0 Å². The van der Waals surface area contributed by atoms with Gasteiger partial charge in [0.05, 0.1) is 12.0 Å². The molecule has 6 nitrogen and oxygen atoms in total. The van der Waals surface area contributed by atoms with Crippen molar-refractivity contribution >= 4 is 5.91 Å². The lowest BCUT2D eigenvalue weighted by Crippen LogP contribution is -2.42. The average molecular weight is 302 g/mol. The fourth-order valence-electron chi connectivity index (χ4n) is 3.26. The Morgan fingerprint density at radius 1 is 1.45 bits per heavy atom. The summed E-state index contributed by atoms with van der Waals surface area (Å²) >= 11 is 0. The van der Waals surface area contributed by atoms with Crippen molar-refractivity contribution in [1.82, 2.24) is 19.7 Å². The molecule has 1 fully saturated rings. The highest BCUT2D eigenvalue weighted by molar-refractivity contribution is 5.83. The summed E-state index contributed by atoms with van der Waals surface area (Å²) in [5.41, 5.74) is 0.991. The summed E-state index contributed by atoms with van der Waals surface area (Å²) in [5.74, 6) is 1.68. The number of piperidine rings is 1. The van der Waals surface area contributed by atoms with E-state index in [1.54, 1.807) is 12.7 Å². The molecule has 2 aromatic rings. The summed E-state index contributed by atoms with van der Waals surface area (Å²) in [5, 5.41) is 4.21. The SMILES string of the molecule is Cc1cc([C@@H](C)C(=O)N2CCC[C@@H](n3cncn3)C2)c(C)o1. The molecule has 1 aliphatic rings. The van der Waals surface area contributed by atoms with E-state index in [9.17, 15) is 4.79 Å². The second kappa shape index (κ2) is 5.94. The van der Waals surface area contributed by atoms with Crippen LogP contribution in [0, 0.1) is 13.8 Å². The molecule has 0 bridgehead atoms. The molecule has 0 aliphatic carbocycles. The summed E-state index contributed by atoms with van der Waals surface area (Å²) < 4.78 is 7.42. The highest BCUT2D eigenvalue weighted by Crippen LogP contribution is 2.28. The minimum atomic E-state index is -0.174. The number of amides is 1. The van der Waals surface area contributed by atoms with Crippen LogP contribution in [0.15, 0.2) is 23.1 Å². The fraction of sp³-hybridized carbons (Fsp3) is 0.562. The van der Waals surface area contributed by atoms with Crippen molar-refractivity contribution in [2.75, 3.05) is 13.1 Å². The van der Waals surface area contributed by atoms with Gasteiger partial charge in [0, 0.05) is 18.7 Å². The monoisotopic (exact) mass is 302 g/mol. The molecule has 118 valence electrons. The van der Waals surface area contributed by atoms with E-state index in [1.165, 1.54) is 0 Å². The first-order valence-electron chi connectivity index (χ1n) is 7.76. The molecule has 1 aliphatic heterocycles. The Kier molecular flexibility index (Phi) is 4.00. The van der Waals surface area contributed by atoms with Crippen molar-refractivity contribution < 1.29 is 9.21 Å². The van der Waals surface area contributed by atoms with Crippen molar-refractivity contribution in [3.05, 3.63) is 35.8 Å². The van der Waals surface area contributed by atoms with E-state index in [-0.39, 0.29) is 17.9 Å². The van der Waals surface area contributed by atoms with Crippen LogP contribution in [0.2, 0.25) is 0 Å². The molecule has 0 spiro atoms. The maximum Gasteiger partial charge on any atom is 0.230 e. The van der Waals surface area contributed by atoms with E-state index in [4.69, 9.17) is 4.42 Å². The van der Waals surface area contributed by atoms with Crippen LogP contribution in [-0.4, -0.2) is 38.7 Å². The molecule has 3 heterocycles. The Labute approximate surface area is 130 Å². The second-order valence-electron chi connectivity index (χ2n) is 6.05. The lowest BCUT2D eigenvalue weighted by atomic mass is 9.97. The third-order valence-electron chi connectivity index (χ3n) is 4.44. The quantitative estimate of drug-likeness (QED) is 0.873. The number of hydrogen-bond donors (Lipinski definition) is 0. The standard InChI is InChI=1S/C16H22N4O2/c1-11-7-15(13(3)22-11)12(2)16(21)19-6-4-5-14(8-19)20-10-17-9-18-20/h7,9-10,12,14H,4-6,8H2,1-3H3/t12-,14-/m1/s1. The van der Waals surface area contributed by atoms with E-state index in [0.717, 1.165) is 36.5 Å². The molecule has 2 atom stereocenters. The molecule has 22 heavy (non-hydrogen) atoms. The van der Waals surface area contributed by atoms with Gasteiger partial charge in [-0.15, -0.1) is 0 Å². The highest BCUT2D eigenvalue weighted by atomic mass is 16.3. The molecule has 0 N–H and O–H groups in total. The molecular formula is C16H22N4O2.